The molecule has 0 fully saturated rings. The van der Waals surface area contributed by atoms with Crippen molar-refractivity contribution in [2.75, 3.05) is 0 Å². The maximum absolute atomic E-state index is 3.86. The number of hydrogen-bond donors (Lipinski definition) is 0. The summed E-state index contributed by atoms with van der Waals surface area (Å²) < 4.78 is 0. The third kappa shape index (κ3) is 3.42. The van der Waals surface area contributed by atoms with E-state index < -0.39 is 0 Å². The second-order valence-electron chi connectivity index (χ2n) is 5.12. The van der Waals surface area contributed by atoms with Crippen molar-refractivity contribution < 1.29 is 26.2 Å². The van der Waals surface area contributed by atoms with E-state index in [-0.39, 0.29) is 26.2 Å². The van der Waals surface area contributed by atoms with E-state index in [1.807, 2.05) is 42.5 Å². The number of rotatable bonds is 2. The molecule has 0 saturated heterocycles. The van der Waals surface area contributed by atoms with E-state index in [9.17, 15) is 0 Å². The van der Waals surface area contributed by atoms with E-state index in [4.69, 9.17) is 0 Å². The van der Waals surface area contributed by atoms with Crippen molar-refractivity contribution in [2.45, 2.75) is 12.3 Å². The van der Waals surface area contributed by atoms with Crippen molar-refractivity contribution in [3.05, 3.63) is 103 Å². The van der Waals surface area contributed by atoms with Crippen molar-refractivity contribution in [1.82, 2.24) is 0 Å². The Morgan fingerprint density at radius 1 is 1.00 bits per heavy atom. The van der Waals surface area contributed by atoms with Crippen LogP contribution in [-0.2, 0) is 26.2 Å². The van der Waals surface area contributed by atoms with Crippen molar-refractivity contribution in [2.24, 2.45) is 0 Å². The molecule has 0 N–H and O–H groups in total. The molecule has 1 atom stereocenters. The van der Waals surface area contributed by atoms with Crippen LogP contribution in [0.1, 0.15) is 23.5 Å². The molecule has 0 aliphatic heterocycles. The van der Waals surface area contributed by atoms with Gasteiger partial charge in [0.2, 0.25) is 0 Å². The summed E-state index contributed by atoms with van der Waals surface area (Å²) in [7, 11) is 0. The van der Waals surface area contributed by atoms with Gasteiger partial charge in [0.1, 0.15) is 0 Å². The molecule has 106 valence electrons. The molecule has 0 amide bonds. The van der Waals surface area contributed by atoms with Gasteiger partial charge in [0.15, 0.2) is 0 Å². The van der Waals surface area contributed by atoms with Crippen LogP contribution in [0.4, 0.5) is 0 Å². The molecule has 1 aliphatic rings. The van der Waals surface area contributed by atoms with E-state index in [2.05, 4.69) is 49.0 Å². The molecule has 4 rings (SSSR count). The topological polar surface area (TPSA) is 0 Å². The number of benzene rings is 2. The summed E-state index contributed by atoms with van der Waals surface area (Å²) >= 11 is 0. The first-order valence-electron chi connectivity index (χ1n) is 7.29. The molecule has 1 heteroatoms. The smallest absolute Gasteiger partial charge is 0.214 e. The van der Waals surface area contributed by atoms with E-state index in [1.54, 1.807) is 0 Å². The molecule has 0 heterocycles. The molecule has 1 unspecified atom stereocenters. The Morgan fingerprint density at radius 3 is 2.41 bits per heavy atom. The fourth-order valence-corrected chi connectivity index (χ4v) is 2.91. The average Bonchev–Trinajstić information content (AvgIpc) is 3.20. The van der Waals surface area contributed by atoms with Gasteiger partial charge in [-0.05, 0) is 17.9 Å². The third-order valence-electron chi connectivity index (χ3n) is 3.82. The zero-order valence-electron chi connectivity index (χ0n) is 12.5. The number of fused-ring (bicyclic) bond motifs is 3. The number of allylic oxidation sites excluding steroid dienone is 1. The van der Waals surface area contributed by atoms with Gasteiger partial charge in [-0.1, -0.05) is 35.9 Å². The van der Waals surface area contributed by atoms with Gasteiger partial charge >= 0.3 is 26.2 Å². The van der Waals surface area contributed by atoms with Crippen LogP contribution in [0.5, 0.6) is 0 Å². The first-order valence-corrected chi connectivity index (χ1v) is 7.29. The van der Waals surface area contributed by atoms with Gasteiger partial charge in [-0.15, -0.1) is 17.7 Å². The zero-order chi connectivity index (χ0) is 14.5. The molecule has 0 bridgehead atoms. The van der Waals surface area contributed by atoms with E-state index in [1.165, 1.54) is 22.3 Å². The van der Waals surface area contributed by atoms with Crippen LogP contribution in [0.3, 0.4) is 0 Å². The van der Waals surface area contributed by atoms with E-state index >= 15 is 0 Å². The van der Waals surface area contributed by atoms with Gasteiger partial charge in [-0.2, -0.15) is 42.5 Å². The van der Waals surface area contributed by atoms with Crippen molar-refractivity contribution in [1.29, 1.82) is 0 Å². The SMILES string of the molecule is C=CCC1c2[c-]cccc2-c2ccccc21.[Zr+2].c1cc[cH-]c1. The first kappa shape index (κ1) is 16.8. The minimum absolute atomic E-state index is 0. The van der Waals surface area contributed by atoms with Gasteiger partial charge in [-0.25, -0.2) is 12.1 Å². The maximum atomic E-state index is 3.86. The van der Waals surface area contributed by atoms with Crippen LogP contribution in [0, 0.1) is 6.07 Å². The fourth-order valence-electron chi connectivity index (χ4n) is 2.91. The molecular weight excluding hydrogens is 343 g/mol. The van der Waals surface area contributed by atoms with Crippen LogP contribution < -0.4 is 0 Å². The Labute approximate surface area is 152 Å². The summed E-state index contributed by atoms with van der Waals surface area (Å²) in [4.78, 5) is 0. The van der Waals surface area contributed by atoms with Crippen molar-refractivity contribution in [3.8, 4) is 11.1 Å². The molecule has 22 heavy (non-hydrogen) atoms. The Morgan fingerprint density at radius 2 is 1.73 bits per heavy atom. The predicted octanol–water partition coefficient (Wildman–Crippen LogP) is 5.58. The quantitative estimate of drug-likeness (QED) is 0.413. The van der Waals surface area contributed by atoms with Gasteiger partial charge in [0.25, 0.3) is 0 Å². The van der Waals surface area contributed by atoms with Gasteiger partial charge in [0, 0.05) is 0 Å². The molecule has 3 aromatic rings. The van der Waals surface area contributed by atoms with E-state index in [0.29, 0.717) is 5.92 Å². The fraction of sp³-hybridized carbons (Fsp3) is 0.0952. The van der Waals surface area contributed by atoms with Crippen molar-refractivity contribution >= 4 is 0 Å². The number of hydrogen-bond acceptors (Lipinski definition) is 0. The minimum Gasteiger partial charge on any atom is -0.214 e. The summed E-state index contributed by atoms with van der Waals surface area (Å²) in [5.41, 5.74) is 5.44. The minimum atomic E-state index is 0. The summed E-state index contributed by atoms with van der Waals surface area (Å²) in [5.74, 6) is 0.449. The van der Waals surface area contributed by atoms with Crippen LogP contribution in [0.2, 0.25) is 0 Å². The normalized spacial score (nSPS) is 13.9. The summed E-state index contributed by atoms with van der Waals surface area (Å²) in [6.45, 7) is 3.86. The monoisotopic (exact) mass is 360 g/mol. The molecule has 0 radical (unpaired) electrons. The molecule has 0 spiro atoms. The van der Waals surface area contributed by atoms with Crippen molar-refractivity contribution in [3.63, 3.8) is 0 Å². The molecule has 1 aliphatic carbocycles. The summed E-state index contributed by atoms with van der Waals surface area (Å²) in [5, 5.41) is 0. The van der Waals surface area contributed by atoms with Crippen LogP contribution >= 0.6 is 0 Å². The van der Waals surface area contributed by atoms with Gasteiger partial charge < -0.3 is 0 Å². The van der Waals surface area contributed by atoms with Crippen LogP contribution in [0.25, 0.3) is 11.1 Å². The van der Waals surface area contributed by atoms with E-state index in [0.717, 1.165) is 6.42 Å². The second-order valence-corrected chi connectivity index (χ2v) is 5.12. The third-order valence-corrected chi connectivity index (χ3v) is 3.82. The van der Waals surface area contributed by atoms with Gasteiger partial charge in [-0.3, -0.25) is 0 Å². The predicted molar refractivity (Wildman–Crippen MR) is 89.4 cm³/mol. The Kier molecular flexibility index (Phi) is 6.22. The molecular formula is C21H18Zr. The summed E-state index contributed by atoms with van der Waals surface area (Å²) in [6.07, 6.45) is 2.99. The van der Waals surface area contributed by atoms with Crippen LogP contribution in [0.15, 0.2) is 85.5 Å². The molecule has 0 aromatic heterocycles. The molecule has 0 nitrogen and oxygen atoms in total. The Bertz CT molecular complexity index is 648. The largest absolute Gasteiger partial charge is 2.00 e. The Balaban J connectivity index is 0.000000253. The maximum Gasteiger partial charge on any atom is 2.00 e. The zero-order valence-corrected chi connectivity index (χ0v) is 15.0. The standard InChI is InChI=1S/C16H13.C5H5.Zr/c1-2-7-12-13-8-3-5-10-15(13)16-11-6-4-9-14(12)16;1-2-4-5-3-1;/h2-6,8,10-12H,1,7H2;1-5H;/q2*-1;+2. The van der Waals surface area contributed by atoms with Gasteiger partial charge in [0.05, 0.1) is 0 Å². The first-order chi connectivity index (χ1) is 10.4. The summed E-state index contributed by atoms with van der Waals surface area (Å²) in [6, 6.07) is 28.3. The average molecular weight is 362 g/mol. The second kappa shape index (κ2) is 8.15. The molecule has 0 saturated carbocycles. The Hall–Kier alpha value is -1.59. The van der Waals surface area contributed by atoms with Crippen LogP contribution in [-0.4, -0.2) is 0 Å². The molecule has 3 aromatic carbocycles.